The van der Waals surface area contributed by atoms with Gasteiger partial charge in [-0.2, -0.15) is 8.78 Å². The van der Waals surface area contributed by atoms with E-state index in [1.54, 1.807) is 0 Å². The minimum absolute atomic E-state index is 0.0964. The Balaban J connectivity index is 1.11. The van der Waals surface area contributed by atoms with E-state index >= 15 is 0 Å². The van der Waals surface area contributed by atoms with Gasteiger partial charge in [-0.15, -0.1) is 0 Å². The molecule has 3 heterocycles. The highest BCUT2D eigenvalue weighted by atomic mass is 19.3. The van der Waals surface area contributed by atoms with Gasteiger partial charge in [-0.25, -0.2) is 0 Å². The minimum Gasteiger partial charge on any atom is -0.494 e. The van der Waals surface area contributed by atoms with Crippen LogP contribution in [0.2, 0.25) is 0 Å². The maximum Gasteiger partial charge on any atom is 0.345 e. The number of ether oxygens (including phenoxy) is 2. The largest absolute Gasteiger partial charge is 0.494 e. The third kappa shape index (κ3) is 5.08. The van der Waals surface area contributed by atoms with Crippen LogP contribution in [0.5, 0.6) is 5.75 Å². The van der Waals surface area contributed by atoms with Crippen molar-refractivity contribution in [3.05, 3.63) is 65.4 Å². The minimum atomic E-state index is -2.70. The van der Waals surface area contributed by atoms with Crippen molar-refractivity contribution >= 4 is 16.8 Å². The number of aromatic nitrogens is 1. The van der Waals surface area contributed by atoms with Gasteiger partial charge in [0.25, 0.3) is 5.91 Å². The van der Waals surface area contributed by atoms with Gasteiger partial charge in [0.15, 0.2) is 0 Å². The third-order valence-electron chi connectivity index (χ3n) is 6.70. The predicted octanol–water partition coefficient (Wildman–Crippen LogP) is 4.45. The lowest BCUT2D eigenvalue weighted by Gasteiger charge is -2.16. The van der Waals surface area contributed by atoms with E-state index < -0.39 is 6.61 Å². The summed E-state index contributed by atoms with van der Waals surface area (Å²) < 4.78 is 35.5. The first-order valence-corrected chi connectivity index (χ1v) is 11.8. The highest BCUT2D eigenvalue weighted by molar-refractivity contribution is 5.98. The molecule has 1 amide bonds. The van der Waals surface area contributed by atoms with Gasteiger partial charge in [0, 0.05) is 55.4 Å². The van der Waals surface area contributed by atoms with Gasteiger partial charge in [0.2, 0.25) is 0 Å². The molecule has 1 N–H and O–H groups in total. The molecule has 3 aromatic rings. The lowest BCUT2D eigenvalue weighted by molar-refractivity contribution is -0.158. The van der Waals surface area contributed by atoms with Crippen LogP contribution in [0.25, 0.3) is 10.9 Å². The van der Waals surface area contributed by atoms with E-state index in [-0.39, 0.29) is 12.0 Å². The number of H-pyrrole nitrogens is 1. The molecular formula is C26H29F2N3O3. The summed E-state index contributed by atoms with van der Waals surface area (Å²) in [5.74, 6) is 0.898. The number of amides is 1. The number of carbonyl (C=O) groups excluding carboxylic acids is 1. The highest BCUT2D eigenvalue weighted by Crippen LogP contribution is 2.26. The average Bonchev–Trinajstić information content (AvgIpc) is 3.53. The molecule has 0 bridgehead atoms. The molecule has 1 atom stereocenters. The molecule has 1 fully saturated rings. The Kier molecular flexibility index (Phi) is 6.78. The standard InChI is InChI=1S/C26H29F2N3O3/c27-26(28)34-21-9-12-30(17-21)11-8-18-15-29-24-7-6-20(14-23(18)24)33-13-3-10-31-16-19-4-1-2-5-22(19)25(31)32/h1-2,4-7,14-15,21,26,29H,3,8-13,16-17H2/t21-/m0/s1. The smallest absolute Gasteiger partial charge is 0.345 e. The fourth-order valence-corrected chi connectivity index (χ4v) is 4.93. The fraction of sp³-hybridized carbons (Fsp3) is 0.423. The van der Waals surface area contributed by atoms with Crippen molar-refractivity contribution in [2.45, 2.75) is 38.5 Å². The molecule has 1 aromatic heterocycles. The molecule has 8 heteroatoms. The van der Waals surface area contributed by atoms with Crippen LogP contribution in [0.15, 0.2) is 48.7 Å². The Labute approximate surface area is 197 Å². The summed E-state index contributed by atoms with van der Waals surface area (Å²) >= 11 is 0. The quantitative estimate of drug-likeness (QED) is 0.446. The molecule has 2 aliphatic rings. The topological polar surface area (TPSA) is 57.8 Å². The Bertz CT molecular complexity index is 1150. The van der Waals surface area contributed by atoms with Gasteiger partial charge in [-0.1, -0.05) is 18.2 Å². The van der Waals surface area contributed by atoms with Crippen LogP contribution in [0.1, 0.15) is 34.3 Å². The third-order valence-corrected chi connectivity index (χ3v) is 6.70. The number of nitrogens with zero attached hydrogens (tertiary/aromatic N) is 2. The molecule has 0 spiro atoms. The summed E-state index contributed by atoms with van der Waals surface area (Å²) in [6.07, 6.45) is 3.85. The van der Waals surface area contributed by atoms with Crippen LogP contribution in [-0.2, 0) is 17.7 Å². The van der Waals surface area contributed by atoms with Crippen molar-refractivity contribution < 1.29 is 23.0 Å². The second-order valence-electron chi connectivity index (χ2n) is 8.97. The van der Waals surface area contributed by atoms with Gasteiger partial charge in [-0.05, 0) is 54.7 Å². The average molecular weight is 470 g/mol. The lowest BCUT2D eigenvalue weighted by Crippen LogP contribution is -2.26. The maximum absolute atomic E-state index is 12.5. The van der Waals surface area contributed by atoms with Crippen molar-refractivity contribution in [3.63, 3.8) is 0 Å². The molecule has 0 unspecified atom stereocenters. The first-order chi connectivity index (χ1) is 16.6. The zero-order valence-electron chi connectivity index (χ0n) is 19.0. The number of carbonyl (C=O) groups is 1. The van der Waals surface area contributed by atoms with Crippen LogP contribution < -0.4 is 4.74 Å². The van der Waals surface area contributed by atoms with Crippen LogP contribution in [-0.4, -0.2) is 66.2 Å². The zero-order valence-corrected chi connectivity index (χ0v) is 19.0. The number of hydrogen-bond donors (Lipinski definition) is 1. The van der Waals surface area contributed by atoms with Crippen molar-refractivity contribution in [2.75, 3.05) is 32.8 Å². The van der Waals surface area contributed by atoms with Crippen LogP contribution in [0, 0.1) is 0 Å². The van der Waals surface area contributed by atoms with E-state index in [1.807, 2.05) is 53.6 Å². The summed E-state index contributed by atoms with van der Waals surface area (Å²) in [7, 11) is 0. The maximum atomic E-state index is 12.5. The van der Waals surface area contributed by atoms with Crippen molar-refractivity contribution in [1.82, 2.24) is 14.8 Å². The Morgan fingerprint density at radius 1 is 1.15 bits per heavy atom. The molecule has 6 nitrogen and oxygen atoms in total. The highest BCUT2D eigenvalue weighted by Gasteiger charge is 2.26. The monoisotopic (exact) mass is 469 g/mol. The van der Waals surface area contributed by atoms with E-state index in [9.17, 15) is 13.6 Å². The number of fused-ring (bicyclic) bond motifs is 2. The molecule has 0 radical (unpaired) electrons. The lowest BCUT2D eigenvalue weighted by atomic mass is 10.1. The number of hydrogen-bond acceptors (Lipinski definition) is 4. The van der Waals surface area contributed by atoms with Gasteiger partial charge in [0.05, 0.1) is 12.7 Å². The number of likely N-dealkylation sites (tertiary alicyclic amines) is 1. The second-order valence-corrected chi connectivity index (χ2v) is 8.97. The van der Waals surface area contributed by atoms with Gasteiger partial charge in [-0.3, -0.25) is 4.79 Å². The first-order valence-electron chi connectivity index (χ1n) is 11.8. The second kappa shape index (κ2) is 10.1. The van der Waals surface area contributed by atoms with Crippen molar-refractivity contribution in [1.29, 1.82) is 0 Å². The fourth-order valence-electron chi connectivity index (χ4n) is 4.93. The Morgan fingerprint density at radius 3 is 2.88 bits per heavy atom. The normalized spacial score (nSPS) is 18.4. The Morgan fingerprint density at radius 2 is 2.03 bits per heavy atom. The number of benzene rings is 2. The molecule has 0 saturated carbocycles. The van der Waals surface area contributed by atoms with Crippen LogP contribution >= 0.6 is 0 Å². The van der Waals surface area contributed by atoms with E-state index in [1.165, 1.54) is 5.56 Å². The van der Waals surface area contributed by atoms with E-state index in [0.717, 1.165) is 53.7 Å². The molecule has 5 rings (SSSR count). The zero-order chi connectivity index (χ0) is 23.5. The number of aromatic amines is 1. The number of halogens is 2. The molecule has 180 valence electrons. The van der Waals surface area contributed by atoms with Crippen molar-refractivity contribution in [2.24, 2.45) is 0 Å². The summed E-state index contributed by atoms with van der Waals surface area (Å²) in [5, 5.41) is 1.11. The van der Waals surface area contributed by atoms with E-state index in [0.29, 0.717) is 32.7 Å². The Hall–Kier alpha value is -2.97. The van der Waals surface area contributed by atoms with Gasteiger partial charge < -0.3 is 24.3 Å². The summed E-state index contributed by atoms with van der Waals surface area (Å²) in [6, 6.07) is 13.8. The number of alkyl halides is 2. The SMILES string of the molecule is O=C1c2ccccc2CN1CCCOc1ccc2[nH]cc(CCN3CC[C@H](OC(F)F)C3)c2c1. The molecule has 1 saturated heterocycles. The molecule has 2 aromatic carbocycles. The molecular weight excluding hydrogens is 440 g/mol. The van der Waals surface area contributed by atoms with Gasteiger partial charge in [0.1, 0.15) is 5.75 Å². The molecule has 34 heavy (non-hydrogen) atoms. The van der Waals surface area contributed by atoms with Gasteiger partial charge >= 0.3 is 6.61 Å². The first kappa shape index (κ1) is 22.8. The summed E-state index contributed by atoms with van der Waals surface area (Å²) in [5.41, 5.74) is 4.12. The predicted molar refractivity (Wildman–Crippen MR) is 125 cm³/mol. The van der Waals surface area contributed by atoms with E-state index in [4.69, 9.17) is 4.74 Å². The molecule has 0 aliphatic carbocycles. The van der Waals surface area contributed by atoms with Crippen molar-refractivity contribution in [3.8, 4) is 5.75 Å². The number of nitrogens with one attached hydrogen (secondary N) is 1. The van der Waals surface area contributed by atoms with Crippen LogP contribution in [0.4, 0.5) is 8.78 Å². The number of rotatable bonds is 10. The summed E-state index contributed by atoms with van der Waals surface area (Å²) in [4.78, 5) is 19.8. The van der Waals surface area contributed by atoms with E-state index in [2.05, 4.69) is 14.6 Å². The van der Waals surface area contributed by atoms with Crippen LogP contribution in [0.3, 0.4) is 0 Å². The molecule has 2 aliphatic heterocycles. The summed E-state index contributed by atoms with van der Waals surface area (Å²) in [6.45, 7) is 1.28.